The molecule has 0 aliphatic carbocycles. The van der Waals surface area contributed by atoms with Crippen molar-refractivity contribution in [3.8, 4) is 11.5 Å². The molecule has 2 rings (SSSR count). The lowest BCUT2D eigenvalue weighted by Gasteiger charge is -2.13. The van der Waals surface area contributed by atoms with Gasteiger partial charge in [-0.1, -0.05) is 6.07 Å². The highest BCUT2D eigenvalue weighted by Crippen LogP contribution is 2.34. The van der Waals surface area contributed by atoms with Crippen LogP contribution in [-0.4, -0.2) is 61.0 Å². The normalized spacial score (nSPS) is 15.0. The molecule has 0 N–H and O–H groups in total. The summed E-state index contributed by atoms with van der Waals surface area (Å²) < 4.78 is 20.5. The van der Waals surface area contributed by atoms with Crippen LogP contribution in [0.4, 0.5) is 4.79 Å². The number of carbonyl (C=O) groups is 4. The van der Waals surface area contributed by atoms with Gasteiger partial charge in [0.1, 0.15) is 6.54 Å². The summed E-state index contributed by atoms with van der Waals surface area (Å²) in [5.41, 5.74) is 0.583. The summed E-state index contributed by atoms with van der Waals surface area (Å²) in [7, 11) is 1.26. The number of ether oxygens (including phenoxy) is 4. The molecule has 9 nitrogen and oxygen atoms in total. The average molecular weight is 437 g/mol. The fraction of sp³-hybridized carbons (Fsp3) is 0.400. The third-order valence-corrected chi connectivity index (χ3v) is 4.57. The van der Waals surface area contributed by atoms with Gasteiger partial charge in [-0.2, -0.15) is 0 Å². The average Bonchev–Trinajstić information content (AvgIpc) is 2.94. The third kappa shape index (κ3) is 6.24. The number of hydrogen-bond donors (Lipinski definition) is 0. The Morgan fingerprint density at radius 3 is 2.50 bits per heavy atom. The maximum absolute atomic E-state index is 12.5. The van der Waals surface area contributed by atoms with Gasteiger partial charge in [0.15, 0.2) is 18.1 Å². The monoisotopic (exact) mass is 437 g/mol. The van der Waals surface area contributed by atoms with Gasteiger partial charge >= 0.3 is 11.9 Å². The smallest absolute Gasteiger partial charge is 0.343 e. The van der Waals surface area contributed by atoms with Crippen LogP contribution in [0.2, 0.25) is 0 Å². The number of nitrogens with zero attached hydrogens (tertiary/aromatic N) is 1. The second kappa shape index (κ2) is 10.7. The van der Waals surface area contributed by atoms with E-state index in [1.54, 1.807) is 39.0 Å². The second-order valence-corrected chi connectivity index (χ2v) is 7.30. The van der Waals surface area contributed by atoms with E-state index in [4.69, 9.17) is 14.2 Å². The van der Waals surface area contributed by atoms with Gasteiger partial charge in [-0.3, -0.25) is 19.3 Å². The molecular formula is C20H23NO8S. The predicted molar refractivity (Wildman–Crippen MR) is 109 cm³/mol. The van der Waals surface area contributed by atoms with E-state index in [1.165, 1.54) is 13.2 Å². The zero-order valence-electron chi connectivity index (χ0n) is 17.1. The third-order valence-electron chi connectivity index (χ3n) is 3.67. The van der Waals surface area contributed by atoms with Crippen LogP contribution in [0, 0.1) is 0 Å². The Morgan fingerprint density at radius 1 is 1.13 bits per heavy atom. The van der Waals surface area contributed by atoms with Crippen molar-refractivity contribution in [2.45, 2.75) is 26.9 Å². The zero-order valence-corrected chi connectivity index (χ0v) is 17.9. The lowest BCUT2D eigenvalue weighted by Crippen LogP contribution is -2.35. The van der Waals surface area contributed by atoms with Crippen LogP contribution in [0.1, 0.15) is 26.3 Å². The summed E-state index contributed by atoms with van der Waals surface area (Å²) in [5, 5.41) is -0.546. The Morgan fingerprint density at radius 2 is 1.87 bits per heavy atom. The zero-order chi connectivity index (χ0) is 22.3. The Kier molecular flexibility index (Phi) is 8.28. The topological polar surface area (TPSA) is 108 Å². The molecule has 0 atom stereocenters. The van der Waals surface area contributed by atoms with Crippen LogP contribution in [0.3, 0.4) is 0 Å². The maximum Gasteiger partial charge on any atom is 0.343 e. The highest BCUT2D eigenvalue weighted by atomic mass is 32.2. The Bertz CT molecular complexity index is 864. The first kappa shape index (κ1) is 23.3. The van der Waals surface area contributed by atoms with Gasteiger partial charge in [-0.05, 0) is 56.3 Å². The fourth-order valence-corrected chi connectivity index (χ4v) is 3.25. The van der Waals surface area contributed by atoms with Crippen molar-refractivity contribution in [3.63, 3.8) is 0 Å². The molecule has 0 saturated carbocycles. The van der Waals surface area contributed by atoms with Crippen molar-refractivity contribution in [3.05, 3.63) is 28.7 Å². The lowest BCUT2D eigenvalue weighted by molar-refractivity contribution is -0.149. The molecule has 0 unspecified atom stereocenters. The number of benzene rings is 1. The van der Waals surface area contributed by atoms with E-state index >= 15 is 0 Å². The number of amides is 2. The van der Waals surface area contributed by atoms with Crippen molar-refractivity contribution in [1.82, 2.24) is 4.90 Å². The van der Waals surface area contributed by atoms with E-state index in [0.717, 1.165) is 16.7 Å². The first-order valence-corrected chi connectivity index (χ1v) is 9.98. The van der Waals surface area contributed by atoms with Crippen molar-refractivity contribution in [2.75, 3.05) is 26.9 Å². The van der Waals surface area contributed by atoms with E-state index in [0.29, 0.717) is 23.7 Å². The van der Waals surface area contributed by atoms with Crippen molar-refractivity contribution in [2.24, 2.45) is 0 Å². The molecule has 10 heteroatoms. The van der Waals surface area contributed by atoms with Crippen LogP contribution in [0.5, 0.6) is 11.5 Å². The summed E-state index contributed by atoms with van der Waals surface area (Å²) in [5.74, 6) is -1.06. The van der Waals surface area contributed by atoms with Crippen LogP contribution in [-0.2, 0) is 23.9 Å². The molecule has 1 aliphatic heterocycles. The quantitative estimate of drug-likeness (QED) is 0.425. The largest absolute Gasteiger partial charge is 0.490 e. The first-order chi connectivity index (χ1) is 14.2. The number of thioether (sulfide) groups is 1. The number of carbonyl (C=O) groups excluding carboxylic acids is 4. The molecule has 1 saturated heterocycles. The van der Waals surface area contributed by atoms with Crippen LogP contribution in [0.15, 0.2) is 23.1 Å². The number of rotatable bonds is 9. The molecule has 2 amide bonds. The molecule has 0 aromatic heterocycles. The second-order valence-electron chi connectivity index (χ2n) is 6.31. The molecule has 1 aliphatic rings. The highest BCUT2D eigenvalue weighted by molar-refractivity contribution is 8.18. The van der Waals surface area contributed by atoms with E-state index < -0.39 is 29.6 Å². The van der Waals surface area contributed by atoms with Gasteiger partial charge in [0.2, 0.25) is 0 Å². The van der Waals surface area contributed by atoms with Gasteiger partial charge in [0.25, 0.3) is 11.1 Å². The van der Waals surface area contributed by atoms with Gasteiger partial charge in [0.05, 0.1) is 24.7 Å². The minimum Gasteiger partial charge on any atom is -0.490 e. The van der Waals surface area contributed by atoms with Crippen molar-refractivity contribution in [1.29, 1.82) is 0 Å². The first-order valence-electron chi connectivity index (χ1n) is 9.16. The highest BCUT2D eigenvalue weighted by Gasteiger charge is 2.36. The molecule has 0 radical (unpaired) electrons. The number of methoxy groups -OCH3 is 1. The van der Waals surface area contributed by atoms with Gasteiger partial charge in [-0.25, -0.2) is 4.79 Å². The molecule has 30 heavy (non-hydrogen) atoms. The molecule has 1 heterocycles. The van der Waals surface area contributed by atoms with Crippen molar-refractivity contribution < 1.29 is 38.1 Å². The summed E-state index contributed by atoms with van der Waals surface area (Å²) in [4.78, 5) is 48.8. The summed E-state index contributed by atoms with van der Waals surface area (Å²) in [6.07, 6.45) is 1.18. The number of hydrogen-bond acceptors (Lipinski definition) is 9. The molecule has 1 aromatic rings. The van der Waals surface area contributed by atoms with Crippen LogP contribution >= 0.6 is 11.8 Å². The molecule has 0 bridgehead atoms. The van der Waals surface area contributed by atoms with Gasteiger partial charge in [-0.15, -0.1) is 0 Å². The van der Waals surface area contributed by atoms with E-state index in [2.05, 4.69) is 4.74 Å². The SMILES string of the molecule is CCOc1cc(/C=C2/SC(=O)N(CC(=O)OC(C)C)C2=O)ccc1OCC(=O)OC. The summed E-state index contributed by atoms with van der Waals surface area (Å²) in [6.45, 7) is 4.79. The molecule has 162 valence electrons. The molecule has 1 aromatic carbocycles. The van der Waals surface area contributed by atoms with Crippen LogP contribution < -0.4 is 9.47 Å². The lowest BCUT2D eigenvalue weighted by atomic mass is 10.2. The van der Waals surface area contributed by atoms with Crippen LogP contribution in [0.25, 0.3) is 6.08 Å². The fourth-order valence-electron chi connectivity index (χ4n) is 2.41. The standard InChI is InChI=1S/C20H23NO8S/c1-5-27-15-8-13(6-7-14(15)28-11-18(23)26-4)9-16-19(24)21(20(25)30-16)10-17(22)29-12(2)3/h6-9,12H,5,10-11H2,1-4H3/b16-9+. The molecule has 1 fully saturated rings. The summed E-state index contributed by atoms with van der Waals surface area (Å²) >= 11 is 0.736. The van der Waals surface area contributed by atoms with E-state index in [9.17, 15) is 19.2 Å². The number of esters is 2. The maximum atomic E-state index is 12.5. The molecule has 0 spiro atoms. The molecular weight excluding hydrogens is 414 g/mol. The van der Waals surface area contributed by atoms with E-state index in [-0.39, 0.29) is 17.6 Å². The predicted octanol–water partition coefficient (Wildman–Crippen LogP) is 2.63. The Balaban J connectivity index is 2.18. The Labute approximate surface area is 178 Å². The van der Waals surface area contributed by atoms with Crippen molar-refractivity contribution >= 4 is 40.9 Å². The minimum absolute atomic E-state index is 0.169. The summed E-state index contributed by atoms with van der Waals surface area (Å²) in [6, 6.07) is 4.86. The van der Waals surface area contributed by atoms with E-state index in [1.807, 2.05) is 0 Å². The minimum atomic E-state index is -0.653. The van der Waals surface area contributed by atoms with Gasteiger partial charge in [0, 0.05) is 0 Å². The Hall–Kier alpha value is -3.01. The van der Waals surface area contributed by atoms with Gasteiger partial charge < -0.3 is 18.9 Å². The number of imide groups is 1.